The van der Waals surface area contributed by atoms with Crippen molar-refractivity contribution >= 4 is 0 Å². The molecule has 0 atom stereocenters. The number of benzene rings is 1. The van der Waals surface area contributed by atoms with E-state index in [1.165, 1.54) is 83.5 Å². The predicted molar refractivity (Wildman–Crippen MR) is 110 cm³/mol. The zero-order chi connectivity index (χ0) is 17.8. The first-order chi connectivity index (χ1) is 12.4. The summed E-state index contributed by atoms with van der Waals surface area (Å²) in [6, 6.07) is 10.8. The van der Waals surface area contributed by atoms with Crippen molar-refractivity contribution in [2.45, 2.75) is 96.8 Å². The number of ether oxygens (including phenoxy) is 1. The van der Waals surface area contributed by atoms with E-state index in [4.69, 9.17) is 4.74 Å². The SMILES string of the molecule is CCCCCCCC/C=C\CCCCCCCCOc1c[c]ccc1. The number of rotatable bonds is 17. The lowest BCUT2D eigenvalue weighted by molar-refractivity contribution is 0.304. The lowest BCUT2D eigenvalue weighted by Crippen LogP contribution is -1.96. The van der Waals surface area contributed by atoms with E-state index in [0.29, 0.717) is 0 Å². The fraction of sp³-hybridized carbons (Fsp3) is 0.667. The standard InChI is InChI=1S/C24H39O/c1-2-3-4-5-6-7-8-9-10-11-12-13-14-15-16-20-23-25-24-21-18-17-19-22-24/h9-10,17-18,21-22H,2-8,11-16,20,23H2,1H3/b10-9-. The van der Waals surface area contributed by atoms with Crippen LogP contribution in [0.25, 0.3) is 0 Å². The van der Waals surface area contributed by atoms with Crippen molar-refractivity contribution in [1.82, 2.24) is 0 Å². The molecule has 0 bridgehead atoms. The van der Waals surface area contributed by atoms with Gasteiger partial charge >= 0.3 is 0 Å². The van der Waals surface area contributed by atoms with Crippen LogP contribution in [0, 0.1) is 6.07 Å². The molecule has 0 aromatic heterocycles. The minimum Gasteiger partial charge on any atom is -0.494 e. The van der Waals surface area contributed by atoms with Crippen LogP contribution in [0.2, 0.25) is 0 Å². The fourth-order valence-electron chi connectivity index (χ4n) is 3.01. The van der Waals surface area contributed by atoms with Crippen LogP contribution in [0.3, 0.4) is 0 Å². The summed E-state index contributed by atoms with van der Waals surface area (Å²) in [5, 5.41) is 0. The summed E-state index contributed by atoms with van der Waals surface area (Å²) in [7, 11) is 0. The summed E-state index contributed by atoms with van der Waals surface area (Å²) < 4.78 is 5.68. The van der Waals surface area contributed by atoms with E-state index < -0.39 is 0 Å². The third-order valence-corrected chi connectivity index (χ3v) is 4.60. The molecule has 1 nitrogen and oxygen atoms in total. The topological polar surface area (TPSA) is 9.23 Å². The average molecular weight is 344 g/mol. The molecule has 0 unspecified atom stereocenters. The van der Waals surface area contributed by atoms with E-state index in [1.807, 2.05) is 24.3 Å². The van der Waals surface area contributed by atoms with Gasteiger partial charge in [-0.25, -0.2) is 0 Å². The molecular weight excluding hydrogens is 304 g/mol. The second-order valence-corrected chi connectivity index (χ2v) is 7.03. The van der Waals surface area contributed by atoms with Crippen molar-refractivity contribution in [1.29, 1.82) is 0 Å². The molecule has 1 rings (SSSR count). The number of hydrogen-bond donors (Lipinski definition) is 0. The highest BCUT2D eigenvalue weighted by Gasteiger charge is 1.94. The van der Waals surface area contributed by atoms with Crippen molar-refractivity contribution in [2.24, 2.45) is 0 Å². The van der Waals surface area contributed by atoms with E-state index in [1.54, 1.807) is 0 Å². The summed E-state index contributed by atoms with van der Waals surface area (Å²) in [4.78, 5) is 0. The molecule has 0 heterocycles. The second kappa shape index (κ2) is 17.6. The smallest absolute Gasteiger partial charge is 0.119 e. The number of allylic oxidation sites excluding steroid dienone is 2. The van der Waals surface area contributed by atoms with E-state index in [9.17, 15) is 0 Å². The molecule has 0 amide bonds. The molecular formula is C24H39O. The van der Waals surface area contributed by atoms with Crippen molar-refractivity contribution in [3.05, 3.63) is 42.5 Å². The highest BCUT2D eigenvalue weighted by molar-refractivity contribution is 5.19. The Balaban J connectivity index is 1.75. The Hall–Kier alpha value is -1.24. The van der Waals surface area contributed by atoms with Crippen LogP contribution in [-0.4, -0.2) is 6.61 Å². The fourth-order valence-corrected chi connectivity index (χ4v) is 3.01. The first-order valence-corrected chi connectivity index (χ1v) is 10.7. The zero-order valence-electron chi connectivity index (χ0n) is 16.5. The zero-order valence-corrected chi connectivity index (χ0v) is 16.5. The van der Waals surface area contributed by atoms with Gasteiger partial charge in [-0.1, -0.05) is 89.0 Å². The first kappa shape index (κ1) is 21.8. The van der Waals surface area contributed by atoms with E-state index in [-0.39, 0.29) is 0 Å². The Labute approximate surface area is 156 Å². The van der Waals surface area contributed by atoms with Gasteiger partial charge in [0.2, 0.25) is 0 Å². The lowest BCUT2D eigenvalue weighted by atomic mass is 10.1. The largest absolute Gasteiger partial charge is 0.494 e. The normalized spacial score (nSPS) is 11.2. The van der Waals surface area contributed by atoms with Crippen LogP contribution >= 0.6 is 0 Å². The number of hydrogen-bond acceptors (Lipinski definition) is 1. The van der Waals surface area contributed by atoms with E-state index in [0.717, 1.165) is 18.8 Å². The summed E-state index contributed by atoms with van der Waals surface area (Å²) in [6.07, 6.45) is 23.6. The van der Waals surface area contributed by atoms with E-state index in [2.05, 4.69) is 25.1 Å². The minimum atomic E-state index is 0.832. The van der Waals surface area contributed by atoms with Gasteiger partial charge in [0.25, 0.3) is 0 Å². The van der Waals surface area contributed by atoms with Gasteiger partial charge in [-0.05, 0) is 50.3 Å². The highest BCUT2D eigenvalue weighted by Crippen LogP contribution is 2.11. The number of unbranched alkanes of at least 4 members (excludes halogenated alkanes) is 12. The Kier molecular flexibility index (Phi) is 15.3. The second-order valence-electron chi connectivity index (χ2n) is 7.03. The van der Waals surface area contributed by atoms with Gasteiger partial charge in [0.1, 0.15) is 5.75 Å². The monoisotopic (exact) mass is 343 g/mol. The lowest BCUT2D eigenvalue weighted by Gasteiger charge is -2.05. The first-order valence-electron chi connectivity index (χ1n) is 10.7. The van der Waals surface area contributed by atoms with Crippen molar-refractivity contribution in [3.63, 3.8) is 0 Å². The Morgan fingerprint density at radius 1 is 0.800 bits per heavy atom. The quantitative estimate of drug-likeness (QED) is 0.206. The van der Waals surface area contributed by atoms with Crippen molar-refractivity contribution < 1.29 is 4.74 Å². The molecule has 0 saturated heterocycles. The summed E-state index contributed by atoms with van der Waals surface area (Å²) in [5.74, 6) is 0.940. The maximum Gasteiger partial charge on any atom is 0.119 e. The molecule has 1 aromatic carbocycles. The molecule has 1 radical (unpaired) electrons. The van der Waals surface area contributed by atoms with Gasteiger partial charge in [-0.3, -0.25) is 0 Å². The van der Waals surface area contributed by atoms with E-state index >= 15 is 0 Å². The summed E-state index contributed by atoms with van der Waals surface area (Å²) >= 11 is 0. The molecule has 0 aliphatic carbocycles. The maximum absolute atomic E-state index is 5.68. The molecule has 0 aliphatic heterocycles. The van der Waals surface area contributed by atoms with Gasteiger partial charge in [0.15, 0.2) is 0 Å². The molecule has 1 heteroatoms. The van der Waals surface area contributed by atoms with Crippen LogP contribution < -0.4 is 4.74 Å². The molecule has 0 saturated carbocycles. The van der Waals surface area contributed by atoms with Crippen LogP contribution in [0.1, 0.15) is 96.8 Å². The predicted octanol–water partition coefficient (Wildman–Crippen LogP) is 7.90. The molecule has 1 aromatic rings. The molecule has 0 aliphatic rings. The van der Waals surface area contributed by atoms with Gasteiger partial charge in [-0.15, -0.1) is 0 Å². The molecule has 0 spiro atoms. The van der Waals surface area contributed by atoms with Crippen LogP contribution in [0.5, 0.6) is 5.75 Å². The molecule has 25 heavy (non-hydrogen) atoms. The van der Waals surface area contributed by atoms with Crippen molar-refractivity contribution in [3.8, 4) is 5.75 Å². The van der Waals surface area contributed by atoms with Gasteiger partial charge in [-0.2, -0.15) is 0 Å². The van der Waals surface area contributed by atoms with Crippen molar-refractivity contribution in [2.75, 3.05) is 6.61 Å². The molecule has 0 fully saturated rings. The Morgan fingerprint density at radius 2 is 1.40 bits per heavy atom. The third-order valence-electron chi connectivity index (χ3n) is 4.60. The Bertz CT molecular complexity index is 396. The molecule has 141 valence electrons. The minimum absolute atomic E-state index is 0.832. The van der Waals surface area contributed by atoms with Gasteiger partial charge < -0.3 is 4.74 Å². The van der Waals surface area contributed by atoms with Crippen LogP contribution in [0.15, 0.2) is 36.4 Å². The average Bonchev–Trinajstić information content (AvgIpc) is 2.65. The highest BCUT2D eigenvalue weighted by atomic mass is 16.5. The van der Waals surface area contributed by atoms with Crippen LogP contribution in [-0.2, 0) is 0 Å². The van der Waals surface area contributed by atoms with Gasteiger partial charge in [0.05, 0.1) is 6.61 Å². The maximum atomic E-state index is 5.68. The summed E-state index contributed by atoms with van der Waals surface area (Å²) in [5.41, 5.74) is 0. The summed E-state index contributed by atoms with van der Waals surface area (Å²) in [6.45, 7) is 3.11. The molecule has 0 N–H and O–H groups in total. The van der Waals surface area contributed by atoms with Crippen LogP contribution in [0.4, 0.5) is 0 Å². The van der Waals surface area contributed by atoms with Gasteiger partial charge in [0, 0.05) is 0 Å². The Morgan fingerprint density at radius 3 is 2.00 bits per heavy atom. The third kappa shape index (κ3) is 14.8.